The first-order valence-corrected chi connectivity index (χ1v) is 9.79. The van der Waals surface area contributed by atoms with Gasteiger partial charge in [-0.2, -0.15) is 0 Å². The van der Waals surface area contributed by atoms with E-state index in [1.54, 1.807) is 0 Å². The first-order valence-electron chi connectivity index (χ1n) is 5.92. The fourth-order valence-electron chi connectivity index (χ4n) is 2.07. The standard InChI is InChI=1S/C11H10Cl2N2O2S3/c12-9-5-8(10(13)19-9)20(16,17)15-11-14-6-3-1-2-4-7(6)18-11/h5H,1-4H2,(H,14,15). The van der Waals surface area contributed by atoms with Gasteiger partial charge >= 0.3 is 0 Å². The fraction of sp³-hybridized carbons (Fsp3) is 0.364. The van der Waals surface area contributed by atoms with Crippen LogP contribution in [0.4, 0.5) is 5.13 Å². The van der Waals surface area contributed by atoms with Gasteiger partial charge in [0, 0.05) is 4.88 Å². The van der Waals surface area contributed by atoms with Gasteiger partial charge in [0.25, 0.3) is 10.0 Å². The molecule has 20 heavy (non-hydrogen) atoms. The van der Waals surface area contributed by atoms with Gasteiger partial charge in [-0.3, -0.25) is 4.72 Å². The molecule has 2 aromatic rings. The number of thiazole rings is 1. The molecule has 0 atom stereocenters. The lowest BCUT2D eigenvalue weighted by atomic mass is 10.0. The van der Waals surface area contributed by atoms with E-state index >= 15 is 0 Å². The Bertz CT molecular complexity index is 728. The van der Waals surface area contributed by atoms with Crippen LogP contribution in [0.1, 0.15) is 23.4 Å². The quantitative estimate of drug-likeness (QED) is 0.883. The van der Waals surface area contributed by atoms with Crippen LogP contribution in [-0.2, 0) is 22.9 Å². The summed E-state index contributed by atoms with van der Waals surface area (Å²) in [6, 6.07) is 1.35. The van der Waals surface area contributed by atoms with E-state index in [1.165, 1.54) is 22.3 Å². The van der Waals surface area contributed by atoms with Gasteiger partial charge in [-0.15, -0.1) is 22.7 Å². The molecule has 4 nitrogen and oxygen atoms in total. The second-order valence-corrected chi connectivity index (χ2v) is 9.41. The molecule has 0 bridgehead atoms. The molecule has 0 saturated carbocycles. The molecule has 9 heteroatoms. The number of sulfonamides is 1. The molecule has 0 saturated heterocycles. The van der Waals surface area contributed by atoms with Crippen molar-refractivity contribution >= 4 is 61.0 Å². The Labute approximate surface area is 134 Å². The fourth-order valence-corrected chi connectivity index (χ4v) is 6.51. The topological polar surface area (TPSA) is 59.1 Å². The summed E-state index contributed by atoms with van der Waals surface area (Å²) in [6.07, 6.45) is 4.13. The lowest BCUT2D eigenvalue weighted by Gasteiger charge is -2.06. The van der Waals surface area contributed by atoms with E-state index in [9.17, 15) is 8.42 Å². The van der Waals surface area contributed by atoms with Crippen LogP contribution in [0.15, 0.2) is 11.0 Å². The van der Waals surface area contributed by atoms with Gasteiger partial charge in [-0.1, -0.05) is 23.2 Å². The van der Waals surface area contributed by atoms with Crippen LogP contribution in [0.3, 0.4) is 0 Å². The third kappa shape index (κ3) is 2.82. The number of aromatic nitrogens is 1. The SMILES string of the molecule is O=S(=O)(Nc1nc2c(s1)CCCC2)c1cc(Cl)sc1Cl. The van der Waals surface area contributed by atoms with Crippen molar-refractivity contribution in [1.29, 1.82) is 0 Å². The molecule has 0 aromatic carbocycles. The molecule has 0 radical (unpaired) electrons. The number of nitrogens with one attached hydrogen (secondary N) is 1. The van der Waals surface area contributed by atoms with E-state index in [4.69, 9.17) is 23.2 Å². The van der Waals surface area contributed by atoms with E-state index < -0.39 is 10.0 Å². The summed E-state index contributed by atoms with van der Waals surface area (Å²) < 4.78 is 27.5. The summed E-state index contributed by atoms with van der Waals surface area (Å²) >= 11 is 14.1. The van der Waals surface area contributed by atoms with Crippen molar-refractivity contribution in [3.8, 4) is 0 Å². The highest BCUT2D eigenvalue weighted by molar-refractivity contribution is 7.93. The average Bonchev–Trinajstić information content (AvgIpc) is 2.91. The maximum atomic E-state index is 12.3. The Balaban J connectivity index is 1.90. The highest BCUT2D eigenvalue weighted by Gasteiger charge is 2.24. The molecule has 0 fully saturated rings. The van der Waals surface area contributed by atoms with Crippen molar-refractivity contribution in [2.24, 2.45) is 0 Å². The smallest absolute Gasteiger partial charge is 0.255 e. The number of aryl methyl sites for hydroxylation is 2. The van der Waals surface area contributed by atoms with Crippen LogP contribution in [0, 0.1) is 0 Å². The minimum absolute atomic E-state index is 0.00217. The highest BCUT2D eigenvalue weighted by atomic mass is 35.5. The Kier molecular flexibility index (Phi) is 3.98. The molecule has 2 aromatic heterocycles. The number of hydrogen-bond acceptors (Lipinski definition) is 5. The third-order valence-corrected chi connectivity index (χ3v) is 7.28. The molecular weight excluding hydrogens is 359 g/mol. The van der Waals surface area contributed by atoms with Gasteiger partial charge in [0.1, 0.15) is 9.23 Å². The first-order chi connectivity index (χ1) is 9.45. The van der Waals surface area contributed by atoms with Gasteiger partial charge in [0.05, 0.1) is 10.0 Å². The number of hydrogen-bond donors (Lipinski definition) is 1. The zero-order chi connectivity index (χ0) is 14.3. The predicted octanol–water partition coefficient (Wildman–Crippen LogP) is 4.19. The van der Waals surface area contributed by atoms with Crippen molar-refractivity contribution in [2.75, 3.05) is 4.72 Å². The van der Waals surface area contributed by atoms with E-state index in [0.29, 0.717) is 9.47 Å². The van der Waals surface area contributed by atoms with E-state index in [-0.39, 0.29) is 9.23 Å². The van der Waals surface area contributed by atoms with Crippen LogP contribution in [0.5, 0.6) is 0 Å². The summed E-state index contributed by atoms with van der Waals surface area (Å²) in [4.78, 5) is 5.53. The molecule has 2 heterocycles. The summed E-state index contributed by atoms with van der Waals surface area (Å²) in [5, 5.41) is 0.398. The van der Waals surface area contributed by atoms with Crippen LogP contribution < -0.4 is 4.72 Å². The second kappa shape index (κ2) is 5.46. The highest BCUT2D eigenvalue weighted by Crippen LogP contribution is 2.36. The van der Waals surface area contributed by atoms with Gasteiger partial charge in [0.2, 0.25) is 0 Å². The monoisotopic (exact) mass is 368 g/mol. The Morgan fingerprint density at radius 3 is 2.60 bits per heavy atom. The molecule has 1 aliphatic carbocycles. The van der Waals surface area contributed by atoms with Crippen LogP contribution >= 0.6 is 45.9 Å². The summed E-state index contributed by atoms with van der Waals surface area (Å²) in [7, 11) is -3.73. The Morgan fingerprint density at radius 2 is 1.95 bits per heavy atom. The van der Waals surface area contributed by atoms with Crippen molar-refractivity contribution in [1.82, 2.24) is 4.98 Å². The van der Waals surface area contributed by atoms with Crippen LogP contribution in [0.2, 0.25) is 8.67 Å². The Hall–Kier alpha value is -0.340. The maximum Gasteiger partial charge on any atom is 0.266 e. The lowest BCUT2D eigenvalue weighted by molar-refractivity contribution is 0.601. The van der Waals surface area contributed by atoms with Crippen LogP contribution in [0.25, 0.3) is 0 Å². The van der Waals surface area contributed by atoms with Gasteiger partial charge in [0.15, 0.2) is 5.13 Å². The van der Waals surface area contributed by atoms with Gasteiger partial charge < -0.3 is 0 Å². The summed E-state index contributed by atoms with van der Waals surface area (Å²) in [6.45, 7) is 0. The zero-order valence-corrected chi connectivity index (χ0v) is 14.1. The van der Waals surface area contributed by atoms with Gasteiger partial charge in [-0.05, 0) is 31.7 Å². The molecule has 108 valence electrons. The average molecular weight is 369 g/mol. The number of nitrogens with zero attached hydrogens (tertiary/aromatic N) is 1. The number of thiophene rings is 1. The minimum atomic E-state index is -3.73. The molecule has 0 amide bonds. The van der Waals surface area contributed by atoms with Crippen LogP contribution in [-0.4, -0.2) is 13.4 Å². The van der Waals surface area contributed by atoms with Crippen molar-refractivity contribution in [3.05, 3.63) is 25.3 Å². The molecule has 0 spiro atoms. The number of halogens is 2. The normalized spacial score (nSPS) is 15.1. The molecule has 1 aliphatic rings. The second-order valence-electron chi connectivity index (χ2n) is 4.39. The van der Waals surface area contributed by atoms with Crippen molar-refractivity contribution in [3.63, 3.8) is 0 Å². The molecular formula is C11H10Cl2N2O2S3. The van der Waals surface area contributed by atoms with Gasteiger partial charge in [-0.25, -0.2) is 13.4 Å². The molecule has 0 aliphatic heterocycles. The van der Waals surface area contributed by atoms with Crippen molar-refractivity contribution in [2.45, 2.75) is 30.6 Å². The lowest BCUT2D eigenvalue weighted by Crippen LogP contribution is -2.12. The maximum absolute atomic E-state index is 12.3. The summed E-state index contributed by atoms with van der Waals surface area (Å²) in [5.41, 5.74) is 1.01. The molecule has 0 unspecified atom stereocenters. The largest absolute Gasteiger partial charge is 0.266 e. The third-order valence-electron chi connectivity index (χ3n) is 2.98. The van der Waals surface area contributed by atoms with E-state index in [1.807, 2.05) is 0 Å². The van der Waals surface area contributed by atoms with Crippen molar-refractivity contribution < 1.29 is 8.42 Å². The first kappa shape index (κ1) is 14.6. The number of fused-ring (bicyclic) bond motifs is 1. The number of rotatable bonds is 3. The predicted molar refractivity (Wildman–Crippen MR) is 83.9 cm³/mol. The molecule has 3 rings (SSSR count). The molecule has 1 N–H and O–H groups in total. The Morgan fingerprint density at radius 1 is 1.20 bits per heavy atom. The van der Waals surface area contributed by atoms with E-state index in [0.717, 1.165) is 42.7 Å². The minimum Gasteiger partial charge on any atom is -0.255 e. The zero-order valence-electron chi connectivity index (χ0n) is 10.2. The van der Waals surface area contributed by atoms with E-state index in [2.05, 4.69) is 9.71 Å². The number of anilines is 1. The summed E-state index contributed by atoms with van der Waals surface area (Å²) in [5.74, 6) is 0.